The zero-order chi connectivity index (χ0) is 13.7. The quantitative estimate of drug-likeness (QED) is 0.891. The summed E-state index contributed by atoms with van der Waals surface area (Å²) in [5.41, 5.74) is 0.963. The van der Waals surface area contributed by atoms with Crippen molar-refractivity contribution in [1.82, 2.24) is 10.2 Å². The van der Waals surface area contributed by atoms with E-state index in [2.05, 4.69) is 10.1 Å². The summed E-state index contributed by atoms with van der Waals surface area (Å²) in [4.78, 5) is 13.3. The fourth-order valence-corrected chi connectivity index (χ4v) is 1.78. The van der Waals surface area contributed by atoms with Crippen molar-refractivity contribution in [2.75, 3.05) is 19.6 Å². The largest absolute Gasteiger partial charge is 0.435 e. The highest BCUT2D eigenvalue weighted by Gasteiger charge is 2.19. The van der Waals surface area contributed by atoms with E-state index in [9.17, 15) is 13.6 Å². The molecular formula is C13H16F2N2O2. The van der Waals surface area contributed by atoms with Gasteiger partial charge in [-0.2, -0.15) is 8.78 Å². The van der Waals surface area contributed by atoms with Gasteiger partial charge in [0.15, 0.2) is 0 Å². The molecule has 104 valence electrons. The minimum atomic E-state index is -2.80. The third kappa shape index (κ3) is 4.08. The molecule has 1 aromatic carbocycles. The van der Waals surface area contributed by atoms with E-state index in [1.807, 2.05) is 0 Å². The fourth-order valence-electron chi connectivity index (χ4n) is 1.78. The van der Waals surface area contributed by atoms with Gasteiger partial charge in [0.25, 0.3) is 0 Å². The average molecular weight is 270 g/mol. The zero-order valence-electron chi connectivity index (χ0n) is 10.4. The van der Waals surface area contributed by atoms with Crippen molar-refractivity contribution in [3.05, 3.63) is 29.8 Å². The van der Waals surface area contributed by atoms with Gasteiger partial charge in [-0.1, -0.05) is 12.1 Å². The number of ether oxygens (including phenoxy) is 1. The summed E-state index contributed by atoms with van der Waals surface area (Å²) in [7, 11) is 0. The molecular weight excluding hydrogens is 254 g/mol. The minimum Gasteiger partial charge on any atom is -0.435 e. The first-order valence-electron chi connectivity index (χ1n) is 6.21. The summed E-state index contributed by atoms with van der Waals surface area (Å²) in [5, 5.41) is 2.82. The van der Waals surface area contributed by atoms with Crippen molar-refractivity contribution in [3.63, 3.8) is 0 Å². The summed E-state index contributed by atoms with van der Waals surface area (Å²) < 4.78 is 28.2. The van der Waals surface area contributed by atoms with Crippen molar-refractivity contribution in [2.45, 2.75) is 19.5 Å². The zero-order valence-corrected chi connectivity index (χ0v) is 10.4. The van der Waals surface area contributed by atoms with Crippen LogP contribution in [0.5, 0.6) is 5.75 Å². The van der Waals surface area contributed by atoms with Crippen LogP contribution >= 0.6 is 0 Å². The number of rotatable bonds is 5. The monoisotopic (exact) mass is 270 g/mol. The van der Waals surface area contributed by atoms with Crippen LogP contribution < -0.4 is 10.1 Å². The first-order valence-corrected chi connectivity index (χ1v) is 6.21. The smallest absolute Gasteiger partial charge is 0.387 e. The number of likely N-dealkylation sites (tertiary alicyclic amines) is 1. The molecule has 4 nitrogen and oxygen atoms in total. The second-order valence-corrected chi connectivity index (χ2v) is 4.34. The highest BCUT2D eigenvalue weighted by Crippen LogP contribution is 2.15. The van der Waals surface area contributed by atoms with Gasteiger partial charge in [0.2, 0.25) is 0 Å². The van der Waals surface area contributed by atoms with Crippen LogP contribution in [0.15, 0.2) is 24.3 Å². The van der Waals surface area contributed by atoms with Gasteiger partial charge in [-0.3, -0.25) is 0 Å². The number of hydrogen-bond donors (Lipinski definition) is 1. The van der Waals surface area contributed by atoms with E-state index >= 15 is 0 Å². The van der Waals surface area contributed by atoms with E-state index in [0.717, 1.165) is 25.1 Å². The summed E-state index contributed by atoms with van der Waals surface area (Å²) in [6.07, 6.45) is 1.73. The van der Waals surface area contributed by atoms with Crippen LogP contribution in [0.1, 0.15) is 12.0 Å². The number of benzene rings is 1. The summed E-state index contributed by atoms with van der Waals surface area (Å²) >= 11 is 0. The predicted octanol–water partition coefficient (Wildman–Crippen LogP) is 2.25. The molecule has 0 saturated carbocycles. The van der Waals surface area contributed by atoms with Crippen molar-refractivity contribution < 1.29 is 18.3 Å². The van der Waals surface area contributed by atoms with Crippen molar-refractivity contribution >= 4 is 6.03 Å². The lowest BCUT2D eigenvalue weighted by atomic mass is 10.1. The van der Waals surface area contributed by atoms with Gasteiger partial charge < -0.3 is 15.0 Å². The van der Waals surface area contributed by atoms with Gasteiger partial charge in [-0.25, -0.2) is 4.79 Å². The van der Waals surface area contributed by atoms with Crippen molar-refractivity contribution in [3.8, 4) is 5.75 Å². The van der Waals surface area contributed by atoms with Crippen LogP contribution in [0, 0.1) is 0 Å². The molecule has 2 amide bonds. The summed E-state index contributed by atoms with van der Waals surface area (Å²) in [6.45, 7) is -0.622. The Hall–Kier alpha value is -1.85. The molecule has 19 heavy (non-hydrogen) atoms. The molecule has 1 N–H and O–H groups in total. The lowest BCUT2D eigenvalue weighted by Gasteiger charge is -2.30. The van der Waals surface area contributed by atoms with Crippen molar-refractivity contribution in [1.29, 1.82) is 0 Å². The van der Waals surface area contributed by atoms with Gasteiger partial charge in [0.05, 0.1) is 0 Å². The summed E-state index contributed by atoms with van der Waals surface area (Å²) in [6, 6.07) is 6.39. The second-order valence-electron chi connectivity index (χ2n) is 4.34. The van der Waals surface area contributed by atoms with Crippen LogP contribution in [0.2, 0.25) is 0 Å². The van der Waals surface area contributed by atoms with Gasteiger partial charge in [-0.05, 0) is 30.5 Å². The number of nitrogens with one attached hydrogen (secondary N) is 1. The lowest BCUT2D eigenvalue weighted by molar-refractivity contribution is -0.0498. The minimum absolute atomic E-state index is 0.0381. The van der Waals surface area contributed by atoms with E-state index < -0.39 is 6.61 Å². The van der Waals surface area contributed by atoms with Crippen LogP contribution in [0.25, 0.3) is 0 Å². The number of carbonyl (C=O) groups is 1. The van der Waals surface area contributed by atoms with Crippen LogP contribution in [0.3, 0.4) is 0 Å². The van der Waals surface area contributed by atoms with E-state index in [0.29, 0.717) is 13.0 Å². The number of amides is 2. The molecule has 0 atom stereocenters. The van der Waals surface area contributed by atoms with Gasteiger partial charge in [0.1, 0.15) is 5.75 Å². The third-order valence-electron chi connectivity index (χ3n) is 2.98. The number of carbonyl (C=O) groups excluding carboxylic acids is 1. The molecule has 0 radical (unpaired) electrons. The van der Waals surface area contributed by atoms with E-state index in [4.69, 9.17) is 0 Å². The highest BCUT2D eigenvalue weighted by molar-refractivity contribution is 5.74. The van der Waals surface area contributed by atoms with Crippen LogP contribution in [0.4, 0.5) is 13.6 Å². The first-order chi connectivity index (χ1) is 9.15. The Kier molecular flexibility index (Phi) is 4.54. The molecule has 6 heteroatoms. The number of alkyl halides is 2. The van der Waals surface area contributed by atoms with Gasteiger partial charge >= 0.3 is 12.6 Å². The Morgan fingerprint density at radius 3 is 2.53 bits per heavy atom. The number of hydrogen-bond acceptors (Lipinski definition) is 2. The van der Waals surface area contributed by atoms with Gasteiger partial charge in [0, 0.05) is 19.6 Å². The average Bonchev–Trinajstić information content (AvgIpc) is 2.28. The Morgan fingerprint density at radius 2 is 2.00 bits per heavy atom. The van der Waals surface area contributed by atoms with E-state index in [-0.39, 0.29) is 11.8 Å². The molecule has 0 aromatic heterocycles. The molecule has 1 aliphatic heterocycles. The van der Waals surface area contributed by atoms with Crippen molar-refractivity contribution in [2.24, 2.45) is 0 Å². The topological polar surface area (TPSA) is 41.6 Å². The maximum absolute atomic E-state index is 12.0. The Morgan fingerprint density at radius 1 is 1.32 bits per heavy atom. The standard InChI is InChI=1S/C13H16F2N2O2/c14-12(15)19-11-4-2-10(3-5-11)6-7-16-13(18)17-8-1-9-17/h2-5,12H,1,6-9H2,(H,16,18). The predicted molar refractivity (Wildman–Crippen MR) is 66.4 cm³/mol. The maximum atomic E-state index is 12.0. The van der Waals surface area contributed by atoms with Gasteiger partial charge in [-0.15, -0.1) is 0 Å². The van der Waals surface area contributed by atoms with E-state index in [1.165, 1.54) is 12.1 Å². The number of nitrogens with zero attached hydrogens (tertiary/aromatic N) is 1. The summed E-state index contributed by atoms with van der Waals surface area (Å²) in [5.74, 6) is 0.142. The highest BCUT2D eigenvalue weighted by atomic mass is 19.3. The SMILES string of the molecule is O=C(NCCc1ccc(OC(F)F)cc1)N1CCC1. The molecule has 0 spiro atoms. The molecule has 1 fully saturated rings. The molecule has 1 saturated heterocycles. The van der Waals surface area contributed by atoms with Crippen LogP contribution in [-0.2, 0) is 6.42 Å². The molecule has 0 unspecified atom stereocenters. The maximum Gasteiger partial charge on any atom is 0.387 e. The molecule has 1 heterocycles. The third-order valence-corrected chi connectivity index (χ3v) is 2.98. The molecule has 0 aliphatic carbocycles. The molecule has 1 aliphatic rings. The number of halogens is 2. The normalized spacial score (nSPS) is 14.2. The first kappa shape index (κ1) is 13.6. The molecule has 0 bridgehead atoms. The molecule has 2 rings (SSSR count). The Bertz CT molecular complexity index is 419. The second kappa shape index (κ2) is 6.36. The fraction of sp³-hybridized carbons (Fsp3) is 0.462. The Labute approximate surface area is 110 Å². The lowest BCUT2D eigenvalue weighted by Crippen LogP contribution is -2.48. The van der Waals surface area contributed by atoms with E-state index in [1.54, 1.807) is 17.0 Å². The Balaban J connectivity index is 1.72. The molecule has 1 aromatic rings. The number of urea groups is 1. The van der Waals surface area contributed by atoms with Crippen LogP contribution in [-0.4, -0.2) is 37.2 Å².